The molecule has 1 fully saturated rings. The lowest BCUT2D eigenvalue weighted by Gasteiger charge is -2.33. The molecule has 1 aliphatic heterocycles. The molecule has 1 aromatic carbocycles. The van der Waals surface area contributed by atoms with Gasteiger partial charge in [-0.3, -0.25) is 9.78 Å². The molecule has 2 heterocycles. The Morgan fingerprint density at radius 2 is 1.97 bits per heavy atom. The number of alkyl halides is 3. The minimum absolute atomic E-state index is 0.0706. The zero-order chi connectivity index (χ0) is 23.8. The number of carbonyl (C=O) groups is 1. The predicted molar refractivity (Wildman–Crippen MR) is 122 cm³/mol. The first-order valence-corrected chi connectivity index (χ1v) is 12.3. The van der Waals surface area contributed by atoms with Crippen LogP contribution in [-0.2, 0) is 17.6 Å². The fourth-order valence-corrected chi connectivity index (χ4v) is 6.00. The highest BCUT2D eigenvalue weighted by Gasteiger charge is 2.47. The van der Waals surface area contributed by atoms with Gasteiger partial charge in [-0.15, -0.1) is 0 Å². The third-order valence-corrected chi connectivity index (χ3v) is 7.61. The molecule has 2 aliphatic rings. The van der Waals surface area contributed by atoms with E-state index in [-0.39, 0.29) is 17.7 Å². The van der Waals surface area contributed by atoms with Crippen LogP contribution in [0.3, 0.4) is 0 Å². The molecule has 178 valence electrons. The van der Waals surface area contributed by atoms with E-state index in [1.54, 1.807) is 11.8 Å². The summed E-state index contributed by atoms with van der Waals surface area (Å²) in [5.74, 6) is 0.289. The fourth-order valence-electron chi connectivity index (χ4n) is 4.59. The van der Waals surface area contributed by atoms with Gasteiger partial charge in [0, 0.05) is 24.0 Å². The van der Waals surface area contributed by atoms with E-state index in [1.807, 2.05) is 0 Å². The number of rotatable bonds is 5. The fraction of sp³-hybridized carbons (Fsp3) is 0.478. The van der Waals surface area contributed by atoms with Crippen LogP contribution < -0.4 is 5.32 Å². The summed E-state index contributed by atoms with van der Waals surface area (Å²) in [6, 6.07) is 3.39. The van der Waals surface area contributed by atoms with Crippen molar-refractivity contribution in [3.63, 3.8) is 0 Å². The number of halogens is 5. The molecule has 1 amide bonds. The molecular weight excluding hydrogens is 478 g/mol. The van der Waals surface area contributed by atoms with Gasteiger partial charge in [-0.1, -0.05) is 11.6 Å². The van der Waals surface area contributed by atoms with E-state index in [4.69, 9.17) is 11.6 Å². The summed E-state index contributed by atoms with van der Waals surface area (Å²) in [4.78, 5) is 17.6. The second-order valence-corrected chi connectivity index (χ2v) is 10.2. The molecule has 0 bridgehead atoms. The quantitative estimate of drug-likeness (QED) is 0.537. The predicted octanol–water partition coefficient (Wildman–Crippen LogP) is 5.66. The number of carbonyl (C=O) groups excluding carboxylic acids is 1. The molecule has 10 heteroatoms. The number of aromatic nitrogens is 1. The lowest BCUT2D eigenvalue weighted by Crippen LogP contribution is -2.43. The number of hydrogen-bond donors (Lipinski definition) is 1. The molecule has 2 unspecified atom stereocenters. The van der Waals surface area contributed by atoms with Crippen molar-refractivity contribution in [3.05, 3.63) is 58.1 Å². The highest BCUT2D eigenvalue weighted by molar-refractivity contribution is 7.99. The van der Waals surface area contributed by atoms with Crippen LogP contribution in [0.4, 0.5) is 23.2 Å². The van der Waals surface area contributed by atoms with Crippen molar-refractivity contribution in [1.82, 2.24) is 9.88 Å². The zero-order valence-corrected chi connectivity index (χ0v) is 19.5. The van der Waals surface area contributed by atoms with Crippen LogP contribution >= 0.6 is 23.4 Å². The highest BCUT2D eigenvalue weighted by Crippen LogP contribution is 2.38. The summed E-state index contributed by atoms with van der Waals surface area (Å²) in [5.41, 5.74) is 2.01. The molecule has 4 nitrogen and oxygen atoms in total. The Kier molecular flexibility index (Phi) is 7.09. The minimum Gasteiger partial charge on any atom is -0.380 e. The van der Waals surface area contributed by atoms with Crippen LogP contribution in [0.5, 0.6) is 0 Å². The smallest absolute Gasteiger partial charge is 0.380 e. The first-order chi connectivity index (χ1) is 15.6. The number of fused-ring (bicyclic) bond motifs is 1. The topological polar surface area (TPSA) is 45.2 Å². The number of anilines is 1. The van der Waals surface area contributed by atoms with Gasteiger partial charge in [-0.05, 0) is 72.6 Å². The molecule has 2 aromatic rings. The molecular formula is C23H24ClF4N3OS. The van der Waals surface area contributed by atoms with E-state index in [1.165, 1.54) is 37.5 Å². The van der Waals surface area contributed by atoms with E-state index in [0.29, 0.717) is 36.4 Å². The molecule has 4 rings (SSSR count). The summed E-state index contributed by atoms with van der Waals surface area (Å²) in [7, 11) is 1.20. The Balaban J connectivity index is 1.47. The molecule has 2 atom stereocenters. The summed E-state index contributed by atoms with van der Waals surface area (Å²) in [6.07, 6.45) is -0.994. The van der Waals surface area contributed by atoms with Gasteiger partial charge in [0.1, 0.15) is 5.82 Å². The number of nitrogens with one attached hydrogen (secondary N) is 1. The maximum Gasteiger partial charge on any atom is 0.414 e. The summed E-state index contributed by atoms with van der Waals surface area (Å²) < 4.78 is 55.4. The largest absolute Gasteiger partial charge is 0.414 e. The van der Waals surface area contributed by atoms with Crippen LogP contribution in [0, 0.1) is 11.7 Å². The van der Waals surface area contributed by atoms with Crippen LogP contribution in [0.25, 0.3) is 0 Å². The third-order valence-electron chi connectivity index (χ3n) is 6.22. The number of benzene rings is 1. The van der Waals surface area contributed by atoms with Crippen molar-refractivity contribution in [2.75, 3.05) is 23.9 Å². The van der Waals surface area contributed by atoms with Crippen LogP contribution in [0.2, 0.25) is 5.02 Å². The van der Waals surface area contributed by atoms with Crippen LogP contribution in [-0.4, -0.2) is 46.6 Å². The molecule has 0 saturated carbocycles. The Morgan fingerprint density at radius 3 is 2.61 bits per heavy atom. The SMILES string of the molecule is CN(C(=O)C1CCSCC1)C(c1ccc(NC2Cc3cc(F)cc(Cl)c3C2)cn1)C(F)(F)F. The maximum atomic E-state index is 13.9. The van der Waals surface area contributed by atoms with Crippen molar-refractivity contribution < 1.29 is 22.4 Å². The summed E-state index contributed by atoms with van der Waals surface area (Å²) >= 11 is 7.84. The first kappa shape index (κ1) is 24.1. The molecule has 1 N–H and O–H groups in total. The number of hydrogen-bond acceptors (Lipinski definition) is 4. The monoisotopic (exact) mass is 501 g/mol. The van der Waals surface area contributed by atoms with Crippen molar-refractivity contribution in [2.24, 2.45) is 5.92 Å². The Bertz CT molecular complexity index is 1010. The van der Waals surface area contributed by atoms with E-state index in [0.717, 1.165) is 27.5 Å². The van der Waals surface area contributed by atoms with Crippen LogP contribution in [0.15, 0.2) is 30.5 Å². The average Bonchev–Trinajstić information content (AvgIpc) is 3.17. The minimum atomic E-state index is -4.65. The van der Waals surface area contributed by atoms with Gasteiger partial charge in [0.25, 0.3) is 0 Å². The molecule has 33 heavy (non-hydrogen) atoms. The lowest BCUT2D eigenvalue weighted by molar-refractivity contribution is -0.191. The van der Waals surface area contributed by atoms with Crippen molar-refractivity contribution >= 4 is 35.0 Å². The molecule has 1 aliphatic carbocycles. The zero-order valence-electron chi connectivity index (χ0n) is 18.0. The normalized spacial score (nSPS) is 19.8. The van der Waals surface area contributed by atoms with Gasteiger partial charge in [0.15, 0.2) is 6.04 Å². The first-order valence-electron chi connectivity index (χ1n) is 10.7. The Labute approximate surface area is 199 Å². The second-order valence-electron chi connectivity index (χ2n) is 8.53. The average molecular weight is 502 g/mol. The lowest BCUT2D eigenvalue weighted by atomic mass is 9.99. The number of pyridine rings is 1. The third kappa shape index (κ3) is 5.40. The standard InChI is InChI=1S/C23H24ClF4N3OS/c1-31(22(32)13-4-6-33-7-5-13)21(23(26,27)28)20-3-2-16(12-29-20)30-17-9-14-8-15(25)10-19(24)18(14)11-17/h2-3,8,10,12-13,17,21,30H,4-7,9,11H2,1H3. The van der Waals surface area contributed by atoms with Gasteiger partial charge in [0.05, 0.1) is 17.6 Å². The Hall–Kier alpha value is -2.00. The molecule has 0 spiro atoms. The second kappa shape index (κ2) is 9.70. The number of thioether (sulfide) groups is 1. The maximum absolute atomic E-state index is 13.9. The van der Waals surface area contributed by atoms with Gasteiger partial charge >= 0.3 is 6.18 Å². The van der Waals surface area contributed by atoms with Crippen LogP contribution in [0.1, 0.15) is 35.7 Å². The van der Waals surface area contributed by atoms with Gasteiger partial charge in [-0.25, -0.2) is 4.39 Å². The van der Waals surface area contributed by atoms with E-state index in [2.05, 4.69) is 10.3 Å². The Morgan fingerprint density at radius 1 is 1.24 bits per heavy atom. The van der Waals surface area contributed by atoms with Gasteiger partial charge in [-0.2, -0.15) is 24.9 Å². The van der Waals surface area contributed by atoms with E-state index in [9.17, 15) is 22.4 Å². The number of nitrogens with zero attached hydrogens (tertiary/aromatic N) is 2. The van der Waals surface area contributed by atoms with Gasteiger partial charge in [0.2, 0.25) is 5.91 Å². The highest BCUT2D eigenvalue weighted by atomic mass is 35.5. The molecule has 0 radical (unpaired) electrons. The van der Waals surface area contributed by atoms with Crippen molar-refractivity contribution in [1.29, 1.82) is 0 Å². The summed E-state index contributed by atoms with van der Waals surface area (Å²) in [5, 5.41) is 3.61. The van der Waals surface area contributed by atoms with Crippen molar-refractivity contribution in [2.45, 2.75) is 43.9 Å². The van der Waals surface area contributed by atoms with E-state index >= 15 is 0 Å². The molecule has 1 saturated heterocycles. The van der Waals surface area contributed by atoms with Crippen molar-refractivity contribution in [3.8, 4) is 0 Å². The van der Waals surface area contributed by atoms with Gasteiger partial charge < -0.3 is 10.2 Å². The number of amides is 1. The summed E-state index contributed by atoms with van der Waals surface area (Å²) in [6.45, 7) is 0. The van der Waals surface area contributed by atoms with E-state index < -0.39 is 23.9 Å². The molecule has 1 aromatic heterocycles.